The minimum atomic E-state index is 0.197. The van der Waals surface area contributed by atoms with Crippen LogP contribution < -0.4 is 5.32 Å². The zero-order valence-electron chi connectivity index (χ0n) is 9.82. The summed E-state index contributed by atoms with van der Waals surface area (Å²) in [6, 6.07) is 12.5. The van der Waals surface area contributed by atoms with Gasteiger partial charge in [-0.1, -0.05) is 23.7 Å². The van der Waals surface area contributed by atoms with Gasteiger partial charge < -0.3 is 10.4 Å². The topological polar surface area (TPSA) is 56.0 Å². The highest BCUT2D eigenvalue weighted by molar-refractivity contribution is 9.10. The van der Waals surface area contributed by atoms with Crippen LogP contribution >= 0.6 is 27.5 Å². The van der Waals surface area contributed by atoms with Gasteiger partial charge in [-0.15, -0.1) is 0 Å². The molecule has 0 atom stereocenters. The van der Waals surface area contributed by atoms with Gasteiger partial charge in [-0.2, -0.15) is 5.26 Å². The molecule has 0 aromatic heterocycles. The smallest absolute Gasteiger partial charge is 0.134 e. The molecule has 0 heterocycles. The molecule has 0 spiro atoms. The van der Waals surface area contributed by atoms with E-state index >= 15 is 0 Å². The number of aromatic hydroxyl groups is 1. The maximum atomic E-state index is 9.87. The Balaban J connectivity index is 2.19. The number of halogens is 2. The molecular formula is C14H10BrClN2O. The van der Waals surface area contributed by atoms with E-state index in [1.807, 2.05) is 12.1 Å². The first-order valence-corrected chi connectivity index (χ1v) is 6.69. The summed E-state index contributed by atoms with van der Waals surface area (Å²) in [5, 5.41) is 22.4. The van der Waals surface area contributed by atoms with Gasteiger partial charge >= 0.3 is 0 Å². The van der Waals surface area contributed by atoms with Crippen LogP contribution in [0.4, 0.5) is 5.69 Å². The maximum Gasteiger partial charge on any atom is 0.134 e. The van der Waals surface area contributed by atoms with Crippen LogP contribution in [0.5, 0.6) is 5.75 Å². The van der Waals surface area contributed by atoms with Crippen LogP contribution in [0.25, 0.3) is 0 Å². The third-order valence-electron chi connectivity index (χ3n) is 2.64. The normalized spacial score (nSPS) is 9.95. The lowest BCUT2D eigenvalue weighted by Crippen LogP contribution is -2.00. The van der Waals surface area contributed by atoms with Gasteiger partial charge in [0.05, 0.1) is 26.8 Å². The maximum absolute atomic E-state index is 9.87. The van der Waals surface area contributed by atoms with Gasteiger partial charge in [-0.25, -0.2) is 0 Å². The van der Waals surface area contributed by atoms with Crippen molar-refractivity contribution in [1.29, 1.82) is 5.26 Å². The fourth-order valence-electron chi connectivity index (χ4n) is 1.62. The molecule has 0 bridgehead atoms. The number of rotatable bonds is 3. The van der Waals surface area contributed by atoms with Crippen LogP contribution in [0.3, 0.4) is 0 Å². The Bertz CT molecular complexity index is 652. The third-order valence-corrected chi connectivity index (χ3v) is 3.60. The predicted molar refractivity (Wildman–Crippen MR) is 79.3 cm³/mol. The van der Waals surface area contributed by atoms with Crippen molar-refractivity contribution in [2.24, 2.45) is 0 Å². The number of phenols is 1. The lowest BCUT2D eigenvalue weighted by atomic mass is 10.2. The number of phenolic OH excluding ortho intramolecular Hbond substituents is 1. The molecule has 0 aliphatic rings. The van der Waals surface area contributed by atoms with E-state index in [0.29, 0.717) is 27.3 Å². The summed E-state index contributed by atoms with van der Waals surface area (Å²) in [4.78, 5) is 0. The van der Waals surface area contributed by atoms with Crippen molar-refractivity contribution in [2.75, 3.05) is 5.32 Å². The summed E-state index contributed by atoms with van der Waals surface area (Å²) in [5.74, 6) is 0.197. The van der Waals surface area contributed by atoms with Gasteiger partial charge in [0.15, 0.2) is 0 Å². The lowest BCUT2D eigenvalue weighted by molar-refractivity contribution is 0.465. The van der Waals surface area contributed by atoms with Crippen LogP contribution in [-0.2, 0) is 6.54 Å². The molecule has 2 N–H and O–H groups in total. The molecule has 2 rings (SSSR count). The Morgan fingerprint density at radius 2 is 2.11 bits per heavy atom. The van der Waals surface area contributed by atoms with Gasteiger partial charge in [0.2, 0.25) is 0 Å². The molecule has 0 fully saturated rings. The van der Waals surface area contributed by atoms with Gasteiger partial charge in [0.25, 0.3) is 0 Å². The van der Waals surface area contributed by atoms with E-state index in [1.54, 1.807) is 24.3 Å². The van der Waals surface area contributed by atoms with Crippen molar-refractivity contribution >= 4 is 33.2 Å². The van der Waals surface area contributed by atoms with Crippen LogP contribution in [0, 0.1) is 11.3 Å². The standard InChI is InChI=1S/C14H10BrClN2O/c15-11-3-1-2-10(14(11)19)8-18-13-6-9(7-17)4-5-12(13)16/h1-6,18-19H,8H2. The van der Waals surface area contributed by atoms with Crippen LogP contribution in [0.15, 0.2) is 40.9 Å². The minimum absolute atomic E-state index is 0.197. The van der Waals surface area contributed by atoms with E-state index < -0.39 is 0 Å². The first kappa shape index (κ1) is 13.7. The monoisotopic (exact) mass is 336 g/mol. The number of hydrogen-bond donors (Lipinski definition) is 2. The van der Waals surface area contributed by atoms with Gasteiger partial charge in [0.1, 0.15) is 5.75 Å². The third kappa shape index (κ3) is 3.19. The summed E-state index contributed by atoms with van der Waals surface area (Å²) < 4.78 is 0.642. The molecule has 0 radical (unpaired) electrons. The molecule has 5 heteroatoms. The van der Waals surface area contributed by atoms with Crippen LogP contribution in [-0.4, -0.2) is 5.11 Å². The molecule has 0 saturated heterocycles. The summed E-state index contributed by atoms with van der Waals surface area (Å²) >= 11 is 9.31. The summed E-state index contributed by atoms with van der Waals surface area (Å²) in [5.41, 5.74) is 1.94. The minimum Gasteiger partial charge on any atom is -0.506 e. The number of nitrogens with zero attached hydrogens (tertiary/aromatic N) is 1. The molecule has 2 aromatic rings. The van der Waals surface area contributed by atoms with Gasteiger partial charge in [-0.3, -0.25) is 0 Å². The lowest BCUT2D eigenvalue weighted by Gasteiger charge is -2.10. The number of nitrogens with one attached hydrogen (secondary N) is 1. The highest BCUT2D eigenvalue weighted by atomic mass is 79.9. The highest BCUT2D eigenvalue weighted by Gasteiger charge is 2.06. The van der Waals surface area contributed by atoms with Crippen molar-refractivity contribution < 1.29 is 5.11 Å². The zero-order valence-corrected chi connectivity index (χ0v) is 12.2. The number of anilines is 1. The Morgan fingerprint density at radius 1 is 1.32 bits per heavy atom. The Hall–Kier alpha value is -1.70. The van der Waals surface area contributed by atoms with Crippen LogP contribution in [0.1, 0.15) is 11.1 Å². The number of para-hydroxylation sites is 1. The average Bonchev–Trinajstić information content (AvgIpc) is 2.42. The second-order valence-corrected chi connectivity index (χ2v) is 5.17. The Morgan fingerprint density at radius 3 is 2.84 bits per heavy atom. The SMILES string of the molecule is N#Cc1ccc(Cl)c(NCc2cccc(Br)c2O)c1. The molecule has 3 nitrogen and oxygen atoms in total. The fourth-order valence-corrected chi connectivity index (χ4v) is 2.22. The van der Waals surface area contributed by atoms with Crippen molar-refractivity contribution in [1.82, 2.24) is 0 Å². The van der Waals surface area contributed by atoms with Crippen LogP contribution in [0.2, 0.25) is 5.02 Å². The van der Waals surface area contributed by atoms with E-state index in [1.165, 1.54) is 0 Å². The molecule has 2 aromatic carbocycles. The van der Waals surface area contributed by atoms with Gasteiger partial charge in [0, 0.05) is 12.1 Å². The molecule has 19 heavy (non-hydrogen) atoms. The molecule has 0 amide bonds. The molecule has 0 saturated carbocycles. The second kappa shape index (κ2) is 5.96. The Labute approximate surface area is 124 Å². The number of benzene rings is 2. The second-order valence-electron chi connectivity index (χ2n) is 3.91. The van der Waals surface area contributed by atoms with E-state index in [-0.39, 0.29) is 5.75 Å². The number of hydrogen-bond acceptors (Lipinski definition) is 3. The fraction of sp³-hybridized carbons (Fsp3) is 0.0714. The first-order valence-electron chi connectivity index (χ1n) is 5.51. The van der Waals surface area contributed by atoms with Crippen molar-refractivity contribution in [2.45, 2.75) is 6.54 Å². The molecule has 96 valence electrons. The van der Waals surface area contributed by atoms with E-state index in [0.717, 1.165) is 5.56 Å². The molecular weight excluding hydrogens is 328 g/mol. The zero-order chi connectivity index (χ0) is 13.8. The first-order chi connectivity index (χ1) is 9.11. The largest absolute Gasteiger partial charge is 0.506 e. The highest BCUT2D eigenvalue weighted by Crippen LogP contribution is 2.29. The summed E-state index contributed by atoms with van der Waals surface area (Å²) in [6.07, 6.45) is 0. The molecule has 0 aliphatic carbocycles. The van der Waals surface area contributed by atoms with E-state index in [9.17, 15) is 5.11 Å². The quantitative estimate of drug-likeness (QED) is 0.878. The summed E-state index contributed by atoms with van der Waals surface area (Å²) in [6.45, 7) is 0.417. The molecule has 0 unspecified atom stereocenters. The van der Waals surface area contributed by atoms with Gasteiger partial charge in [-0.05, 0) is 40.2 Å². The van der Waals surface area contributed by atoms with Crippen molar-refractivity contribution in [3.8, 4) is 11.8 Å². The van der Waals surface area contributed by atoms with Crippen molar-refractivity contribution in [3.05, 3.63) is 57.0 Å². The van der Waals surface area contributed by atoms with E-state index in [4.69, 9.17) is 16.9 Å². The van der Waals surface area contributed by atoms with Crippen molar-refractivity contribution in [3.63, 3.8) is 0 Å². The average molecular weight is 338 g/mol. The number of nitriles is 1. The molecule has 0 aliphatic heterocycles. The predicted octanol–water partition coefficient (Wildman–Crippen LogP) is 4.29. The summed E-state index contributed by atoms with van der Waals surface area (Å²) in [7, 11) is 0. The van der Waals surface area contributed by atoms with E-state index in [2.05, 4.69) is 27.3 Å². The Kier molecular flexibility index (Phi) is 4.31.